The Morgan fingerprint density at radius 1 is 1.03 bits per heavy atom. The van der Waals surface area contributed by atoms with Gasteiger partial charge in [-0.15, -0.1) is 0 Å². The number of hydrogen-bond donors (Lipinski definition) is 2. The van der Waals surface area contributed by atoms with Crippen LogP contribution in [-0.4, -0.2) is 27.7 Å². The average molecular weight is 427 g/mol. The van der Waals surface area contributed by atoms with Crippen LogP contribution in [0.3, 0.4) is 0 Å². The highest BCUT2D eigenvalue weighted by molar-refractivity contribution is 6.33. The smallest absolute Gasteiger partial charge is 0.279 e. The fourth-order valence-corrected chi connectivity index (χ4v) is 3.23. The molecule has 0 aliphatic heterocycles. The van der Waals surface area contributed by atoms with E-state index in [-0.39, 0.29) is 10.7 Å². The number of aromatic nitrogens is 2. The van der Waals surface area contributed by atoms with Gasteiger partial charge in [-0.3, -0.25) is 20.4 Å². The van der Waals surface area contributed by atoms with Gasteiger partial charge in [0.25, 0.3) is 11.8 Å². The first kappa shape index (κ1) is 21.4. The molecule has 8 heteroatoms. The predicted molar refractivity (Wildman–Crippen MR) is 115 cm³/mol. The minimum Gasteiger partial charge on any atom is -0.481 e. The van der Waals surface area contributed by atoms with Crippen LogP contribution in [-0.2, 0) is 4.79 Å². The summed E-state index contributed by atoms with van der Waals surface area (Å²) in [6.45, 7) is 7.17. The molecule has 0 bridgehead atoms. The number of nitrogens with zero attached hydrogens (tertiary/aromatic N) is 2. The molecule has 2 amide bonds. The van der Waals surface area contributed by atoms with Gasteiger partial charge in [0.1, 0.15) is 16.5 Å². The molecule has 2 N–H and O–H groups in total. The summed E-state index contributed by atoms with van der Waals surface area (Å²) in [5.41, 5.74) is 8.13. The van der Waals surface area contributed by atoms with Gasteiger partial charge in [-0.1, -0.05) is 41.9 Å². The van der Waals surface area contributed by atoms with Crippen LogP contribution in [0, 0.1) is 20.8 Å². The average Bonchev–Trinajstić information content (AvgIpc) is 3.04. The van der Waals surface area contributed by atoms with Crippen molar-refractivity contribution in [3.8, 4) is 11.4 Å². The molecule has 30 heavy (non-hydrogen) atoms. The molecule has 1 unspecified atom stereocenters. The van der Waals surface area contributed by atoms with Crippen molar-refractivity contribution in [2.45, 2.75) is 33.8 Å². The van der Waals surface area contributed by atoms with Gasteiger partial charge < -0.3 is 4.74 Å². The maximum Gasteiger partial charge on any atom is 0.279 e. The minimum atomic E-state index is -0.811. The summed E-state index contributed by atoms with van der Waals surface area (Å²) in [6, 6.07) is 14.8. The topological polar surface area (TPSA) is 85.2 Å². The Hall–Kier alpha value is -3.32. The Kier molecular flexibility index (Phi) is 6.42. The fraction of sp³-hybridized carbons (Fsp3) is 0.227. The van der Waals surface area contributed by atoms with Crippen LogP contribution in [0.1, 0.15) is 34.1 Å². The van der Waals surface area contributed by atoms with E-state index in [0.29, 0.717) is 11.4 Å². The van der Waals surface area contributed by atoms with E-state index >= 15 is 0 Å². The fourth-order valence-electron chi connectivity index (χ4n) is 2.88. The molecule has 3 aromatic rings. The minimum absolute atomic E-state index is 0.158. The van der Waals surface area contributed by atoms with Crippen LogP contribution < -0.4 is 15.6 Å². The number of para-hydroxylation sites is 1. The number of rotatable bonds is 5. The second kappa shape index (κ2) is 9.00. The molecule has 1 aromatic heterocycles. The summed E-state index contributed by atoms with van der Waals surface area (Å²) in [6.07, 6.45) is -0.811. The van der Waals surface area contributed by atoms with Crippen LogP contribution in [0.15, 0.2) is 48.5 Å². The summed E-state index contributed by atoms with van der Waals surface area (Å²) in [5.74, 6) is -0.438. The number of aryl methyl sites for hydroxylation is 2. The van der Waals surface area contributed by atoms with E-state index in [9.17, 15) is 9.59 Å². The predicted octanol–water partition coefficient (Wildman–Crippen LogP) is 3.68. The molecule has 1 heterocycles. The van der Waals surface area contributed by atoms with E-state index in [4.69, 9.17) is 16.3 Å². The van der Waals surface area contributed by atoms with E-state index in [1.807, 2.05) is 56.3 Å². The molecular weight excluding hydrogens is 404 g/mol. The van der Waals surface area contributed by atoms with Gasteiger partial charge in [-0.05, 0) is 57.0 Å². The first-order valence-electron chi connectivity index (χ1n) is 9.43. The van der Waals surface area contributed by atoms with Gasteiger partial charge in [0.2, 0.25) is 0 Å². The Morgan fingerprint density at radius 3 is 2.43 bits per heavy atom. The highest BCUT2D eigenvalue weighted by atomic mass is 35.5. The molecule has 0 saturated heterocycles. The molecule has 2 aromatic carbocycles. The third-order valence-corrected chi connectivity index (χ3v) is 5.11. The summed E-state index contributed by atoms with van der Waals surface area (Å²) in [7, 11) is 0. The van der Waals surface area contributed by atoms with Crippen molar-refractivity contribution >= 4 is 23.4 Å². The van der Waals surface area contributed by atoms with E-state index < -0.39 is 17.9 Å². The Morgan fingerprint density at radius 2 is 1.73 bits per heavy atom. The van der Waals surface area contributed by atoms with Crippen LogP contribution >= 0.6 is 11.6 Å². The van der Waals surface area contributed by atoms with Gasteiger partial charge in [-0.2, -0.15) is 5.10 Å². The molecule has 0 spiro atoms. The standard InChI is InChI=1S/C22H23ClN4O3/c1-13-9-8-12-18(14(13)2)30-16(4)21(28)24-25-22(29)19-15(3)26-27(20(19)23)17-10-6-5-7-11-17/h5-12,16H,1-4H3,(H,24,28)(H,25,29). The molecule has 7 nitrogen and oxygen atoms in total. The molecular formula is C22H23ClN4O3. The molecule has 0 radical (unpaired) electrons. The highest BCUT2D eigenvalue weighted by Crippen LogP contribution is 2.23. The van der Waals surface area contributed by atoms with Gasteiger partial charge >= 0.3 is 0 Å². The number of benzene rings is 2. The summed E-state index contributed by atoms with van der Waals surface area (Å²) < 4.78 is 7.20. The number of carbonyl (C=O) groups is 2. The van der Waals surface area contributed by atoms with Crippen molar-refractivity contribution < 1.29 is 14.3 Å². The van der Waals surface area contributed by atoms with Crippen LogP contribution in [0.4, 0.5) is 0 Å². The molecule has 0 aliphatic carbocycles. The summed E-state index contributed by atoms with van der Waals surface area (Å²) in [5, 5.41) is 4.48. The van der Waals surface area contributed by atoms with E-state index in [0.717, 1.165) is 16.8 Å². The number of nitrogens with one attached hydrogen (secondary N) is 2. The number of amides is 2. The van der Waals surface area contributed by atoms with E-state index in [2.05, 4.69) is 16.0 Å². The third-order valence-electron chi connectivity index (χ3n) is 4.76. The van der Waals surface area contributed by atoms with Gasteiger partial charge in [0.15, 0.2) is 6.10 Å². The molecule has 0 fully saturated rings. The normalized spacial score (nSPS) is 11.6. The van der Waals surface area contributed by atoms with Gasteiger partial charge in [0, 0.05) is 0 Å². The van der Waals surface area contributed by atoms with Crippen molar-refractivity contribution in [1.82, 2.24) is 20.6 Å². The monoisotopic (exact) mass is 426 g/mol. The number of carbonyl (C=O) groups excluding carboxylic acids is 2. The Bertz CT molecular complexity index is 1080. The zero-order valence-electron chi connectivity index (χ0n) is 17.2. The van der Waals surface area contributed by atoms with Crippen LogP contribution in [0.5, 0.6) is 5.75 Å². The largest absolute Gasteiger partial charge is 0.481 e. The zero-order valence-corrected chi connectivity index (χ0v) is 17.9. The summed E-state index contributed by atoms with van der Waals surface area (Å²) >= 11 is 6.38. The van der Waals surface area contributed by atoms with Crippen molar-refractivity contribution in [2.75, 3.05) is 0 Å². The number of hydrazine groups is 1. The van der Waals surface area contributed by atoms with E-state index in [1.165, 1.54) is 4.68 Å². The highest BCUT2D eigenvalue weighted by Gasteiger charge is 2.23. The van der Waals surface area contributed by atoms with Crippen molar-refractivity contribution in [1.29, 1.82) is 0 Å². The molecule has 1 atom stereocenters. The second-order valence-electron chi connectivity index (χ2n) is 6.90. The lowest BCUT2D eigenvalue weighted by atomic mass is 10.1. The lowest BCUT2D eigenvalue weighted by Gasteiger charge is -2.17. The Balaban J connectivity index is 1.66. The molecule has 156 valence electrons. The third kappa shape index (κ3) is 4.46. The van der Waals surface area contributed by atoms with Crippen molar-refractivity contribution in [3.05, 3.63) is 76.1 Å². The van der Waals surface area contributed by atoms with Gasteiger partial charge in [0.05, 0.1) is 11.4 Å². The van der Waals surface area contributed by atoms with Crippen LogP contribution in [0.25, 0.3) is 5.69 Å². The Labute approximate surface area is 180 Å². The zero-order chi connectivity index (χ0) is 21.8. The molecule has 0 saturated carbocycles. The summed E-state index contributed by atoms with van der Waals surface area (Å²) in [4.78, 5) is 25.0. The maximum atomic E-state index is 12.6. The van der Waals surface area contributed by atoms with Crippen LogP contribution in [0.2, 0.25) is 5.15 Å². The molecule has 3 rings (SSSR count). The first-order chi connectivity index (χ1) is 14.3. The molecule has 0 aliphatic rings. The second-order valence-corrected chi connectivity index (χ2v) is 7.26. The van der Waals surface area contributed by atoms with Crippen molar-refractivity contribution in [3.63, 3.8) is 0 Å². The van der Waals surface area contributed by atoms with Gasteiger partial charge in [-0.25, -0.2) is 4.68 Å². The number of halogens is 1. The first-order valence-corrected chi connectivity index (χ1v) is 9.81. The lowest BCUT2D eigenvalue weighted by molar-refractivity contribution is -0.128. The maximum absolute atomic E-state index is 12.6. The number of hydrogen-bond acceptors (Lipinski definition) is 4. The number of ether oxygens (including phenoxy) is 1. The lowest BCUT2D eigenvalue weighted by Crippen LogP contribution is -2.47. The quantitative estimate of drug-likeness (QED) is 0.609. The van der Waals surface area contributed by atoms with E-state index in [1.54, 1.807) is 19.9 Å². The van der Waals surface area contributed by atoms with Crippen molar-refractivity contribution in [2.24, 2.45) is 0 Å². The SMILES string of the molecule is Cc1cccc(OC(C)C(=O)NNC(=O)c2c(C)nn(-c3ccccc3)c2Cl)c1C.